The standard InChI is InChI=1S/C7H16N2O2.ClH/c8-5-7(10)6-9-1-3-11-4-2-9;/h7,10H,1-6,8H2;1H. The molecule has 0 saturated carbocycles. The molecule has 1 rings (SSSR count). The van der Waals surface area contributed by atoms with Crippen LogP contribution >= 0.6 is 12.4 Å². The number of nitrogens with two attached hydrogens (primary N) is 1. The molecule has 1 saturated heterocycles. The fraction of sp³-hybridized carbons (Fsp3) is 1.00. The van der Waals surface area contributed by atoms with E-state index in [1.54, 1.807) is 0 Å². The summed E-state index contributed by atoms with van der Waals surface area (Å²) in [5.74, 6) is 0. The summed E-state index contributed by atoms with van der Waals surface area (Å²) in [5, 5.41) is 9.20. The molecule has 74 valence electrons. The van der Waals surface area contributed by atoms with Crippen LogP contribution < -0.4 is 5.73 Å². The van der Waals surface area contributed by atoms with Crippen LogP contribution in [0.3, 0.4) is 0 Å². The summed E-state index contributed by atoms with van der Waals surface area (Å²) in [6.07, 6.45) is -0.381. The van der Waals surface area contributed by atoms with Crippen molar-refractivity contribution in [1.82, 2.24) is 4.90 Å². The number of rotatable bonds is 3. The molecule has 0 aromatic carbocycles. The van der Waals surface area contributed by atoms with Gasteiger partial charge in [0.25, 0.3) is 0 Å². The second-order valence-corrected chi connectivity index (χ2v) is 2.80. The zero-order chi connectivity index (χ0) is 8.10. The molecule has 4 nitrogen and oxygen atoms in total. The second kappa shape index (κ2) is 6.62. The van der Waals surface area contributed by atoms with Gasteiger partial charge >= 0.3 is 0 Å². The lowest BCUT2D eigenvalue weighted by molar-refractivity contribution is 0.0164. The van der Waals surface area contributed by atoms with Crippen molar-refractivity contribution < 1.29 is 9.84 Å². The predicted molar refractivity (Wildman–Crippen MR) is 49.6 cm³/mol. The molecule has 12 heavy (non-hydrogen) atoms. The van der Waals surface area contributed by atoms with Gasteiger partial charge in [0.1, 0.15) is 0 Å². The highest BCUT2D eigenvalue weighted by Crippen LogP contribution is 1.97. The van der Waals surface area contributed by atoms with Gasteiger partial charge in [-0.25, -0.2) is 0 Å². The Bertz CT molecular complexity index is 110. The van der Waals surface area contributed by atoms with E-state index in [2.05, 4.69) is 4.90 Å². The lowest BCUT2D eigenvalue weighted by Gasteiger charge is -2.27. The van der Waals surface area contributed by atoms with Crippen LogP contribution in [0.4, 0.5) is 0 Å². The molecule has 5 heteroatoms. The molecule has 1 atom stereocenters. The summed E-state index contributed by atoms with van der Waals surface area (Å²) < 4.78 is 5.16. The second-order valence-electron chi connectivity index (χ2n) is 2.80. The lowest BCUT2D eigenvalue weighted by Crippen LogP contribution is -2.42. The summed E-state index contributed by atoms with van der Waals surface area (Å²) in [7, 11) is 0. The molecule has 3 N–H and O–H groups in total. The molecule has 0 bridgehead atoms. The first-order valence-electron chi connectivity index (χ1n) is 4.01. The van der Waals surface area contributed by atoms with Gasteiger partial charge in [-0.15, -0.1) is 12.4 Å². The van der Waals surface area contributed by atoms with Crippen LogP contribution in [0, 0.1) is 0 Å². The zero-order valence-electron chi connectivity index (χ0n) is 7.11. The SMILES string of the molecule is Cl.NCC(O)CN1CCOCC1. The van der Waals surface area contributed by atoms with E-state index in [4.69, 9.17) is 10.5 Å². The molecular weight excluding hydrogens is 180 g/mol. The van der Waals surface area contributed by atoms with Crippen LogP contribution in [0.15, 0.2) is 0 Å². The van der Waals surface area contributed by atoms with Crippen LogP contribution in [0.1, 0.15) is 0 Å². The maximum atomic E-state index is 9.20. The highest BCUT2D eigenvalue weighted by atomic mass is 35.5. The monoisotopic (exact) mass is 196 g/mol. The largest absolute Gasteiger partial charge is 0.390 e. The summed E-state index contributed by atoms with van der Waals surface area (Å²) in [6, 6.07) is 0. The number of hydrogen-bond donors (Lipinski definition) is 2. The van der Waals surface area contributed by atoms with E-state index >= 15 is 0 Å². The number of morpholine rings is 1. The third kappa shape index (κ3) is 4.23. The molecule has 0 aromatic rings. The molecule has 1 fully saturated rings. The van der Waals surface area contributed by atoms with E-state index in [0.29, 0.717) is 13.1 Å². The van der Waals surface area contributed by atoms with Crippen LogP contribution in [0.25, 0.3) is 0 Å². The number of β-amino-alcohol motifs (C(OH)–C–C–N with tert-alkyl or cyclic N) is 1. The minimum absolute atomic E-state index is 0. The minimum Gasteiger partial charge on any atom is -0.390 e. The molecule has 1 aliphatic rings. The Morgan fingerprint density at radius 1 is 1.42 bits per heavy atom. The Morgan fingerprint density at radius 2 is 2.00 bits per heavy atom. The molecule has 0 aliphatic carbocycles. The number of hydrogen-bond acceptors (Lipinski definition) is 4. The Hall–Kier alpha value is 0.130. The van der Waals surface area contributed by atoms with Crippen LogP contribution in [0.2, 0.25) is 0 Å². The average Bonchev–Trinajstić information content (AvgIpc) is 2.06. The summed E-state index contributed by atoms with van der Waals surface area (Å²) in [4.78, 5) is 2.17. The van der Waals surface area contributed by atoms with Gasteiger partial charge in [-0.1, -0.05) is 0 Å². The van der Waals surface area contributed by atoms with Crippen LogP contribution in [-0.4, -0.2) is 55.5 Å². The Morgan fingerprint density at radius 3 is 2.50 bits per heavy atom. The number of aliphatic hydroxyl groups excluding tert-OH is 1. The fourth-order valence-corrected chi connectivity index (χ4v) is 1.16. The van der Waals surface area contributed by atoms with Crippen molar-refractivity contribution in [1.29, 1.82) is 0 Å². The summed E-state index contributed by atoms with van der Waals surface area (Å²) in [5.41, 5.74) is 5.28. The smallest absolute Gasteiger partial charge is 0.0789 e. The van der Waals surface area contributed by atoms with Crippen molar-refractivity contribution in [2.75, 3.05) is 39.4 Å². The molecule has 1 aliphatic heterocycles. The van der Waals surface area contributed by atoms with Gasteiger partial charge in [0, 0.05) is 26.2 Å². The number of halogens is 1. The van der Waals surface area contributed by atoms with Gasteiger partial charge in [-0.3, -0.25) is 4.90 Å². The van der Waals surface area contributed by atoms with E-state index < -0.39 is 0 Å². The van der Waals surface area contributed by atoms with Crippen molar-refractivity contribution >= 4 is 12.4 Å². The van der Waals surface area contributed by atoms with Crippen molar-refractivity contribution in [3.63, 3.8) is 0 Å². The number of nitrogens with zero attached hydrogens (tertiary/aromatic N) is 1. The first-order chi connectivity index (χ1) is 5.33. The van der Waals surface area contributed by atoms with Gasteiger partial charge in [0.2, 0.25) is 0 Å². The van der Waals surface area contributed by atoms with Crippen molar-refractivity contribution in [3.05, 3.63) is 0 Å². The van der Waals surface area contributed by atoms with Crippen molar-refractivity contribution in [3.8, 4) is 0 Å². The van der Waals surface area contributed by atoms with Crippen molar-refractivity contribution in [2.24, 2.45) is 5.73 Å². The van der Waals surface area contributed by atoms with Crippen LogP contribution in [0.5, 0.6) is 0 Å². The number of ether oxygens (including phenoxy) is 1. The van der Waals surface area contributed by atoms with Crippen molar-refractivity contribution in [2.45, 2.75) is 6.10 Å². The van der Waals surface area contributed by atoms with Crippen LogP contribution in [-0.2, 0) is 4.74 Å². The molecule has 0 amide bonds. The first-order valence-corrected chi connectivity index (χ1v) is 4.01. The molecule has 0 spiro atoms. The van der Waals surface area contributed by atoms with Gasteiger partial charge in [-0.05, 0) is 0 Å². The summed E-state index contributed by atoms with van der Waals surface area (Å²) in [6.45, 7) is 4.40. The normalized spacial score (nSPS) is 21.5. The highest BCUT2D eigenvalue weighted by Gasteiger charge is 2.12. The molecule has 0 aromatic heterocycles. The topological polar surface area (TPSA) is 58.7 Å². The third-order valence-electron chi connectivity index (χ3n) is 1.84. The fourth-order valence-electron chi connectivity index (χ4n) is 1.16. The third-order valence-corrected chi connectivity index (χ3v) is 1.84. The molecule has 0 radical (unpaired) electrons. The minimum atomic E-state index is -0.381. The zero-order valence-corrected chi connectivity index (χ0v) is 7.92. The average molecular weight is 197 g/mol. The van der Waals surface area contributed by atoms with E-state index in [9.17, 15) is 5.11 Å². The Labute approximate surface area is 79.1 Å². The maximum Gasteiger partial charge on any atom is 0.0789 e. The molecule has 1 heterocycles. The van der Waals surface area contributed by atoms with E-state index in [1.807, 2.05) is 0 Å². The Kier molecular flexibility index (Phi) is 6.70. The van der Waals surface area contributed by atoms with E-state index in [1.165, 1.54) is 0 Å². The van der Waals surface area contributed by atoms with Gasteiger partial charge in [0.05, 0.1) is 19.3 Å². The van der Waals surface area contributed by atoms with E-state index in [0.717, 1.165) is 26.3 Å². The van der Waals surface area contributed by atoms with Gasteiger partial charge in [-0.2, -0.15) is 0 Å². The maximum absolute atomic E-state index is 9.20. The number of aliphatic hydroxyl groups is 1. The van der Waals surface area contributed by atoms with Gasteiger partial charge in [0.15, 0.2) is 0 Å². The molecular formula is C7H17ClN2O2. The van der Waals surface area contributed by atoms with Gasteiger partial charge < -0.3 is 15.6 Å². The molecule has 1 unspecified atom stereocenters. The summed E-state index contributed by atoms with van der Waals surface area (Å²) >= 11 is 0. The quantitative estimate of drug-likeness (QED) is 0.612. The lowest BCUT2D eigenvalue weighted by atomic mass is 10.3. The first kappa shape index (κ1) is 12.1. The Balaban J connectivity index is 0.00000121. The van der Waals surface area contributed by atoms with E-state index in [-0.39, 0.29) is 18.5 Å². The predicted octanol–water partition coefficient (Wildman–Crippen LogP) is -0.940. The highest BCUT2D eigenvalue weighted by molar-refractivity contribution is 5.85.